The molecule has 0 radical (unpaired) electrons. The van der Waals surface area contributed by atoms with Crippen LogP contribution in [0.4, 0.5) is 0 Å². The number of benzene rings is 1. The van der Waals surface area contributed by atoms with Crippen molar-refractivity contribution in [3.05, 3.63) is 71.8 Å². The molecule has 2 heterocycles. The summed E-state index contributed by atoms with van der Waals surface area (Å²) in [5, 5.41) is 0.450. The molecule has 0 saturated carbocycles. The van der Waals surface area contributed by atoms with Crippen LogP contribution in [0.2, 0.25) is 5.02 Å². The first kappa shape index (κ1) is 29.3. The van der Waals surface area contributed by atoms with Crippen LogP contribution in [0.3, 0.4) is 0 Å². The Morgan fingerprint density at radius 2 is 1.35 bits per heavy atom. The third-order valence-electron chi connectivity index (χ3n) is 5.57. The van der Waals surface area contributed by atoms with E-state index in [2.05, 4.69) is 9.97 Å². The van der Waals surface area contributed by atoms with Crippen LogP contribution in [0.15, 0.2) is 71.0 Å². The van der Waals surface area contributed by atoms with Gasteiger partial charge in [0, 0.05) is 52.5 Å². The summed E-state index contributed by atoms with van der Waals surface area (Å²) in [6.07, 6.45) is 11.4. The predicted octanol–water partition coefficient (Wildman–Crippen LogP) is 7.80. The lowest BCUT2D eigenvalue weighted by molar-refractivity contribution is -0.121. The summed E-state index contributed by atoms with van der Waals surface area (Å²) in [6.45, 7) is 4.94. The molecule has 37 heavy (non-hydrogen) atoms. The van der Waals surface area contributed by atoms with Gasteiger partial charge in [-0.05, 0) is 67.5 Å². The zero-order valence-electron chi connectivity index (χ0n) is 21.5. The van der Waals surface area contributed by atoms with Crippen LogP contribution < -0.4 is 9.47 Å². The van der Waals surface area contributed by atoms with Gasteiger partial charge in [-0.3, -0.25) is 14.8 Å². The molecule has 0 fully saturated rings. The van der Waals surface area contributed by atoms with E-state index in [0.29, 0.717) is 36.2 Å². The van der Waals surface area contributed by atoms with Gasteiger partial charge in [-0.15, -0.1) is 23.5 Å². The molecule has 0 spiro atoms. The number of halogens is 1. The fourth-order valence-corrected chi connectivity index (χ4v) is 5.48. The average Bonchev–Trinajstić information content (AvgIpc) is 2.91. The van der Waals surface area contributed by atoms with Crippen molar-refractivity contribution in [3.8, 4) is 11.5 Å². The van der Waals surface area contributed by atoms with Crippen LogP contribution in [-0.4, -0.2) is 40.5 Å². The molecule has 0 N–H and O–H groups in total. The minimum absolute atomic E-state index is 0.0437. The van der Waals surface area contributed by atoms with Gasteiger partial charge in [-0.1, -0.05) is 31.5 Å². The molecular formula is C29H35ClN2O3S2. The number of unbranched alkanes of at least 4 members (excludes halogenated alkanes) is 2. The third kappa shape index (κ3) is 10.6. The van der Waals surface area contributed by atoms with Crippen LogP contribution in [0, 0.1) is 5.92 Å². The quantitative estimate of drug-likeness (QED) is 0.124. The molecule has 0 amide bonds. The van der Waals surface area contributed by atoms with E-state index in [-0.39, 0.29) is 11.7 Å². The molecule has 198 valence electrons. The molecular weight excluding hydrogens is 524 g/mol. The topological polar surface area (TPSA) is 61.3 Å². The number of aromatic nitrogens is 2. The van der Waals surface area contributed by atoms with Gasteiger partial charge in [-0.25, -0.2) is 0 Å². The van der Waals surface area contributed by atoms with Crippen molar-refractivity contribution in [3.63, 3.8) is 0 Å². The second kappa shape index (κ2) is 16.6. The molecule has 0 saturated heterocycles. The Hall–Kier alpha value is -2.22. The summed E-state index contributed by atoms with van der Waals surface area (Å²) in [5.41, 5.74) is 0.816. The summed E-state index contributed by atoms with van der Waals surface area (Å²) in [7, 11) is 0. The number of Topliss-reactive ketones (excluding diaryl/α,β-unsaturated/α-hetero) is 1. The smallest absolute Gasteiger partial charge is 0.145 e. The Labute approximate surface area is 234 Å². The van der Waals surface area contributed by atoms with E-state index in [4.69, 9.17) is 21.1 Å². The van der Waals surface area contributed by atoms with Gasteiger partial charge in [0.2, 0.25) is 0 Å². The summed E-state index contributed by atoms with van der Waals surface area (Å²) in [5.74, 6) is 3.32. The first-order valence-corrected chi connectivity index (χ1v) is 15.0. The van der Waals surface area contributed by atoms with Crippen molar-refractivity contribution in [2.45, 2.75) is 55.7 Å². The lowest BCUT2D eigenvalue weighted by Crippen LogP contribution is -2.12. The molecule has 8 heteroatoms. The fraction of sp³-hybridized carbons (Fsp3) is 0.414. The first-order valence-electron chi connectivity index (χ1n) is 12.7. The standard InChI is InChI=1S/C29H35ClN2O3S2/c1-22(2)26(33)21-23-7-8-27(34-17-3-5-19-36-24-9-13-31-14-10-24)28(30)29(23)35-18-4-6-20-37-25-11-15-32-16-12-25/h7-16,22H,3-6,17-21H2,1-2H3. The van der Waals surface area contributed by atoms with Gasteiger partial charge < -0.3 is 9.47 Å². The summed E-state index contributed by atoms with van der Waals surface area (Å²) in [4.78, 5) is 23.0. The number of hydrogen-bond acceptors (Lipinski definition) is 7. The normalized spacial score (nSPS) is 11.0. The molecule has 1 aromatic carbocycles. The largest absolute Gasteiger partial charge is 0.492 e. The second-order valence-corrected chi connectivity index (χ2v) is 11.6. The summed E-state index contributed by atoms with van der Waals surface area (Å²) in [6, 6.07) is 11.8. The highest BCUT2D eigenvalue weighted by Crippen LogP contribution is 2.38. The second-order valence-electron chi connectivity index (χ2n) is 8.84. The SMILES string of the molecule is CC(C)C(=O)Cc1ccc(OCCCCSc2ccncc2)c(Cl)c1OCCCCSc1ccncc1. The number of hydrogen-bond donors (Lipinski definition) is 0. The van der Waals surface area contributed by atoms with Gasteiger partial charge in [0.25, 0.3) is 0 Å². The molecule has 5 nitrogen and oxygen atoms in total. The van der Waals surface area contributed by atoms with E-state index in [0.717, 1.165) is 42.8 Å². The van der Waals surface area contributed by atoms with Crippen molar-refractivity contribution in [1.82, 2.24) is 9.97 Å². The van der Waals surface area contributed by atoms with Crippen molar-refractivity contribution in [2.24, 2.45) is 5.92 Å². The van der Waals surface area contributed by atoms with E-state index in [1.165, 1.54) is 9.79 Å². The van der Waals surface area contributed by atoms with Gasteiger partial charge >= 0.3 is 0 Å². The molecule has 0 aliphatic heterocycles. The van der Waals surface area contributed by atoms with Crippen molar-refractivity contribution in [1.29, 1.82) is 0 Å². The number of ketones is 1. The van der Waals surface area contributed by atoms with Gasteiger partial charge in [0.05, 0.1) is 13.2 Å². The van der Waals surface area contributed by atoms with Crippen LogP contribution in [-0.2, 0) is 11.2 Å². The van der Waals surface area contributed by atoms with E-state index in [1.807, 2.05) is 98.6 Å². The van der Waals surface area contributed by atoms with Crippen LogP contribution in [0.25, 0.3) is 0 Å². The van der Waals surface area contributed by atoms with Crippen LogP contribution in [0.1, 0.15) is 45.1 Å². The average molecular weight is 559 g/mol. The minimum atomic E-state index is -0.0437. The van der Waals surface area contributed by atoms with E-state index < -0.39 is 0 Å². The van der Waals surface area contributed by atoms with Crippen molar-refractivity contribution in [2.75, 3.05) is 24.7 Å². The van der Waals surface area contributed by atoms with Crippen molar-refractivity contribution >= 4 is 40.9 Å². The summed E-state index contributed by atoms with van der Waals surface area (Å²) < 4.78 is 12.1. The number of carbonyl (C=O) groups is 1. The Balaban J connectivity index is 1.49. The molecule has 2 aromatic heterocycles. The van der Waals surface area contributed by atoms with Gasteiger partial charge in [0.1, 0.15) is 22.3 Å². The molecule has 0 aliphatic carbocycles. The third-order valence-corrected chi connectivity index (χ3v) is 8.12. The number of rotatable bonds is 17. The fourth-order valence-electron chi connectivity index (χ4n) is 3.39. The Bertz CT molecular complexity index is 1090. The first-order chi connectivity index (χ1) is 18.0. The molecule has 0 atom stereocenters. The Morgan fingerprint density at radius 1 is 0.811 bits per heavy atom. The maximum Gasteiger partial charge on any atom is 0.145 e. The Kier molecular flexibility index (Phi) is 13.2. The summed E-state index contributed by atoms with van der Waals surface area (Å²) >= 11 is 10.4. The highest BCUT2D eigenvalue weighted by Gasteiger charge is 2.18. The zero-order valence-corrected chi connectivity index (χ0v) is 23.9. The molecule has 3 aromatic rings. The van der Waals surface area contributed by atoms with E-state index in [9.17, 15) is 4.79 Å². The minimum Gasteiger partial charge on any atom is -0.492 e. The van der Waals surface area contributed by atoms with Gasteiger partial charge in [0.15, 0.2) is 0 Å². The van der Waals surface area contributed by atoms with Gasteiger partial charge in [-0.2, -0.15) is 0 Å². The number of nitrogens with zero attached hydrogens (tertiary/aromatic N) is 2. The highest BCUT2D eigenvalue weighted by atomic mass is 35.5. The molecule has 3 rings (SSSR count). The van der Waals surface area contributed by atoms with Crippen LogP contribution >= 0.6 is 35.1 Å². The lowest BCUT2D eigenvalue weighted by Gasteiger charge is -2.17. The van der Waals surface area contributed by atoms with Crippen molar-refractivity contribution < 1.29 is 14.3 Å². The number of ether oxygens (including phenoxy) is 2. The number of pyridine rings is 2. The zero-order chi connectivity index (χ0) is 26.3. The Morgan fingerprint density at radius 3 is 1.89 bits per heavy atom. The number of thioether (sulfide) groups is 2. The molecule has 0 bridgehead atoms. The monoisotopic (exact) mass is 558 g/mol. The molecule has 0 aliphatic rings. The predicted molar refractivity (Wildman–Crippen MR) is 154 cm³/mol. The number of carbonyl (C=O) groups excluding carboxylic acids is 1. The van der Waals surface area contributed by atoms with E-state index in [1.54, 1.807) is 0 Å². The van der Waals surface area contributed by atoms with E-state index >= 15 is 0 Å². The maximum atomic E-state index is 12.4. The maximum absolute atomic E-state index is 12.4. The lowest BCUT2D eigenvalue weighted by atomic mass is 10.0. The van der Waals surface area contributed by atoms with Crippen LogP contribution in [0.5, 0.6) is 11.5 Å². The highest BCUT2D eigenvalue weighted by molar-refractivity contribution is 7.99. The molecule has 0 unspecified atom stereocenters.